The smallest absolute Gasteiger partial charge is 0.299 e. The molecule has 5 heteroatoms. The van der Waals surface area contributed by atoms with Crippen molar-refractivity contribution >= 4 is 17.6 Å². The average molecular weight is 445 g/mol. The molecule has 33 heavy (non-hydrogen) atoms. The van der Waals surface area contributed by atoms with E-state index in [1.54, 1.807) is 0 Å². The number of aryl methyl sites for hydroxylation is 2. The first kappa shape index (κ1) is 22.1. The molecule has 2 saturated heterocycles. The van der Waals surface area contributed by atoms with Crippen LogP contribution < -0.4 is 10.2 Å². The normalized spacial score (nSPS) is 22.8. The summed E-state index contributed by atoms with van der Waals surface area (Å²) < 4.78 is 0. The fourth-order valence-electron chi connectivity index (χ4n) is 5.95. The number of likely N-dealkylation sites (tertiary alicyclic amines) is 1. The zero-order valence-electron chi connectivity index (χ0n) is 20.0. The maximum absolute atomic E-state index is 13.4. The van der Waals surface area contributed by atoms with Crippen LogP contribution in [0.2, 0.25) is 0 Å². The topological polar surface area (TPSA) is 47.9 Å². The molecule has 0 atom stereocenters. The summed E-state index contributed by atoms with van der Waals surface area (Å²) in [6.45, 7) is 7.08. The van der Waals surface area contributed by atoms with E-state index in [9.17, 15) is 4.79 Å². The Labute approximate surface area is 197 Å². The van der Waals surface area contributed by atoms with Crippen molar-refractivity contribution in [1.29, 1.82) is 0 Å². The van der Waals surface area contributed by atoms with Crippen molar-refractivity contribution in [3.63, 3.8) is 0 Å². The minimum atomic E-state index is -0.373. The van der Waals surface area contributed by atoms with Crippen LogP contribution >= 0.6 is 0 Å². The Morgan fingerprint density at radius 2 is 1.64 bits per heavy atom. The van der Waals surface area contributed by atoms with E-state index in [0.717, 1.165) is 56.8 Å². The number of nitrogens with one attached hydrogen (secondary N) is 1. The predicted octanol–water partition coefficient (Wildman–Crippen LogP) is 5.60. The summed E-state index contributed by atoms with van der Waals surface area (Å²) in [5, 5.41) is 3.23. The zero-order chi connectivity index (χ0) is 22.8. The highest BCUT2D eigenvalue weighted by molar-refractivity contribution is 6.19. The summed E-state index contributed by atoms with van der Waals surface area (Å²) in [6, 6.07) is 17.5. The highest BCUT2D eigenvalue weighted by Crippen LogP contribution is 2.39. The molecular weight excluding hydrogens is 408 g/mol. The van der Waals surface area contributed by atoms with Crippen molar-refractivity contribution in [2.75, 3.05) is 18.0 Å². The Morgan fingerprint density at radius 1 is 0.970 bits per heavy atom. The molecule has 2 amide bonds. The Kier molecular flexibility index (Phi) is 6.24. The van der Waals surface area contributed by atoms with Crippen LogP contribution in [0.5, 0.6) is 0 Å². The lowest BCUT2D eigenvalue weighted by Crippen LogP contribution is -2.57. The molecule has 5 rings (SSSR count). The minimum absolute atomic E-state index is 0.0222. The quantitative estimate of drug-likeness (QED) is 0.667. The molecule has 3 fully saturated rings. The number of carbonyl (C=O) groups is 1. The number of nitrogens with zero attached hydrogens (tertiary/aromatic N) is 3. The number of benzene rings is 2. The number of piperidine rings is 1. The number of amidine groups is 1. The first-order chi connectivity index (χ1) is 16.0. The van der Waals surface area contributed by atoms with Crippen LogP contribution in [0.15, 0.2) is 53.5 Å². The van der Waals surface area contributed by atoms with Crippen LogP contribution in [0.1, 0.15) is 61.6 Å². The van der Waals surface area contributed by atoms with E-state index in [-0.39, 0.29) is 11.6 Å². The standard InChI is InChI=1S/C28H36N4O/c1-21-17-22(2)19-25(18-21)32-27(33)30-26(29-24-11-7-4-8-12-24)28(32)13-15-31(16-14-28)20-23-9-5-3-6-10-23/h3,5-6,9-10,17-19,24H,4,7-8,11-16,20H2,1-2H3,(H,29,30,33). The Hall–Kier alpha value is -2.66. The molecule has 2 aliphatic heterocycles. The van der Waals surface area contributed by atoms with Gasteiger partial charge in [0.15, 0.2) is 0 Å². The molecule has 0 unspecified atom stereocenters. The van der Waals surface area contributed by atoms with Gasteiger partial charge >= 0.3 is 6.03 Å². The van der Waals surface area contributed by atoms with Gasteiger partial charge in [-0.3, -0.25) is 20.1 Å². The molecule has 0 radical (unpaired) electrons. The average Bonchev–Trinajstić information content (AvgIpc) is 3.06. The molecule has 1 spiro atoms. The summed E-state index contributed by atoms with van der Waals surface area (Å²) >= 11 is 0. The summed E-state index contributed by atoms with van der Waals surface area (Å²) in [5.41, 5.74) is 4.34. The third-order valence-electron chi connectivity index (χ3n) is 7.58. The molecule has 1 N–H and O–H groups in total. The molecular formula is C28H36N4O. The summed E-state index contributed by atoms with van der Waals surface area (Å²) in [6.07, 6.45) is 7.87. The molecule has 2 aromatic rings. The van der Waals surface area contributed by atoms with Gasteiger partial charge in [-0.2, -0.15) is 0 Å². The van der Waals surface area contributed by atoms with Gasteiger partial charge in [-0.15, -0.1) is 0 Å². The highest BCUT2D eigenvalue weighted by atomic mass is 16.2. The van der Waals surface area contributed by atoms with Crippen molar-refractivity contribution in [3.8, 4) is 0 Å². The Balaban J connectivity index is 1.46. The number of aliphatic imine (C=N–C) groups is 1. The summed E-state index contributed by atoms with van der Waals surface area (Å²) in [4.78, 5) is 23.2. The summed E-state index contributed by atoms with van der Waals surface area (Å²) in [7, 11) is 0. The van der Waals surface area contributed by atoms with E-state index in [1.165, 1.54) is 36.0 Å². The molecule has 0 aromatic heterocycles. The lowest BCUT2D eigenvalue weighted by Gasteiger charge is -2.44. The van der Waals surface area contributed by atoms with E-state index in [0.29, 0.717) is 6.04 Å². The molecule has 1 saturated carbocycles. The van der Waals surface area contributed by atoms with Gasteiger partial charge in [0.2, 0.25) is 0 Å². The molecule has 2 aromatic carbocycles. The summed E-state index contributed by atoms with van der Waals surface area (Å²) in [5.74, 6) is 0.915. The minimum Gasteiger partial charge on any atom is -0.299 e. The highest BCUT2D eigenvalue weighted by Gasteiger charge is 2.53. The Bertz CT molecular complexity index is 997. The number of anilines is 1. The maximum Gasteiger partial charge on any atom is 0.328 e. The first-order valence-electron chi connectivity index (χ1n) is 12.6. The van der Waals surface area contributed by atoms with Crippen molar-refractivity contribution in [2.24, 2.45) is 4.99 Å². The first-order valence-corrected chi connectivity index (χ1v) is 12.6. The van der Waals surface area contributed by atoms with Crippen molar-refractivity contribution < 1.29 is 4.79 Å². The Morgan fingerprint density at radius 3 is 2.30 bits per heavy atom. The van der Waals surface area contributed by atoms with Crippen LogP contribution in [-0.2, 0) is 6.54 Å². The lowest BCUT2D eigenvalue weighted by molar-refractivity contribution is 0.184. The maximum atomic E-state index is 13.4. The third kappa shape index (κ3) is 4.56. The van der Waals surface area contributed by atoms with E-state index in [1.807, 2.05) is 4.90 Å². The SMILES string of the molecule is Cc1cc(C)cc(N2C(=O)NC(=NC3CCCCC3)C23CCN(Cc2ccccc2)CC3)c1. The molecule has 3 aliphatic rings. The largest absolute Gasteiger partial charge is 0.328 e. The number of rotatable bonds is 4. The van der Waals surface area contributed by atoms with Gasteiger partial charge in [0.25, 0.3) is 0 Å². The number of urea groups is 1. The van der Waals surface area contributed by atoms with E-state index in [2.05, 4.69) is 72.6 Å². The van der Waals surface area contributed by atoms with Gasteiger partial charge in [-0.25, -0.2) is 4.79 Å². The fraction of sp³-hybridized carbons (Fsp3) is 0.500. The number of hydrogen-bond donors (Lipinski definition) is 1. The molecule has 5 nitrogen and oxygen atoms in total. The lowest BCUT2D eigenvalue weighted by atomic mass is 9.84. The van der Waals surface area contributed by atoms with Gasteiger partial charge < -0.3 is 0 Å². The van der Waals surface area contributed by atoms with Gasteiger partial charge in [0.05, 0.1) is 6.04 Å². The van der Waals surface area contributed by atoms with Gasteiger partial charge in [0.1, 0.15) is 11.4 Å². The van der Waals surface area contributed by atoms with Gasteiger partial charge in [0, 0.05) is 25.3 Å². The molecule has 2 heterocycles. The second-order valence-corrected chi connectivity index (χ2v) is 10.2. The zero-order valence-corrected chi connectivity index (χ0v) is 20.0. The molecule has 1 aliphatic carbocycles. The monoisotopic (exact) mass is 444 g/mol. The van der Waals surface area contributed by atoms with E-state index < -0.39 is 0 Å². The second-order valence-electron chi connectivity index (χ2n) is 10.2. The second kappa shape index (κ2) is 9.30. The number of carbonyl (C=O) groups excluding carboxylic acids is 1. The van der Waals surface area contributed by atoms with Crippen LogP contribution in [0.25, 0.3) is 0 Å². The van der Waals surface area contributed by atoms with Crippen LogP contribution in [-0.4, -0.2) is 41.4 Å². The van der Waals surface area contributed by atoms with Crippen molar-refractivity contribution in [2.45, 2.75) is 76.9 Å². The fourth-order valence-corrected chi connectivity index (χ4v) is 5.95. The van der Waals surface area contributed by atoms with Gasteiger partial charge in [-0.1, -0.05) is 55.7 Å². The predicted molar refractivity (Wildman–Crippen MR) is 135 cm³/mol. The van der Waals surface area contributed by atoms with E-state index >= 15 is 0 Å². The van der Waals surface area contributed by atoms with Gasteiger partial charge in [-0.05, 0) is 68.4 Å². The van der Waals surface area contributed by atoms with Crippen LogP contribution in [0.4, 0.5) is 10.5 Å². The van der Waals surface area contributed by atoms with Crippen molar-refractivity contribution in [3.05, 3.63) is 65.2 Å². The molecule has 174 valence electrons. The van der Waals surface area contributed by atoms with Crippen LogP contribution in [0, 0.1) is 13.8 Å². The number of amides is 2. The number of hydrogen-bond acceptors (Lipinski definition) is 3. The van der Waals surface area contributed by atoms with Crippen LogP contribution in [0.3, 0.4) is 0 Å². The van der Waals surface area contributed by atoms with Crippen molar-refractivity contribution in [1.82, 2.24) is 10.2 Å². The van der Waals surface area contributed by atoms with E-state index in [4.69, 9.17) is 4.99 Å². The third-order valence-corrected chi connectivity index (χ3v) is 7.58. The molecule has 0 bridgehead atoms.